The molecule has 2 nitrogen and oxygen atoms in total. The second kappa shape index (κ2) is 13.9. The van der Waals surface area contributed by atoms with Crippen molar-refractivity contribution in [2.24, 2.45) is 0 Å². The summed E-state index contributed by atoms with van der Waals surface area (Å²) in [6, 6.07) is 63.1. The molecule has 4 heteroatoms. The molecule has 0 spiro atoms. The number of anilines is 6. The monoisotopic (exact) mass is 786 g/mol. The minimum Gasteiger partial charge on any atom is -0.310 e. The minimum absolute atomic E-state index is 0.0938. The SMILES string of the molecule is CC(C)(C)c1ccc(N(c2ccccc2)c2ccc3c(c2)Sc2cccc4c2c-3cc2sc3cc(N(c5ccccc5)c5ccc(C(C)(C)C)cc5)ccc3c24)cc1. The van der Waals surface area contributed by atoms with Crippen molar-refractivity contribution in [3.63, 3.8) is 0 Å². The molecule has 8 aromatic carbocycles. The van der Waals surface area contributed by atoms with Crippen LogP contribution in [0.25, 0.3) is 42.1 Å². The molecule has 0 radical (unpaired) electrons. The Morgan fingerprint density at radius 3 is 1.45 bits per heavy atom. The summed E-state index contributed by atoms with van der Waals surface area (Å²) in [5.41, 5.74) is 12.4. The van der Waals surface area contributed by atoms with E-state index in [1.54, 1.807) is 0 Å². The molecule has 10 rings (SSSR count). The second-order valence-corrected chi connectivity index (χ2v) is 19.6. The van der Waals surface area contributed by atoms with Crippen molar-refractivity contribution in [1.29, 1.82) is 0 Å². The van der Waals surface area contributed by atoms with Gasteiger partial charge in [0.2, 0.25) is 0 Å². The van der Waals surface area contributed by atoms with Crippen LogP contribution in [-0.2, 0) is 10.8 Å². The Bertz CT molecular complexity index is 2970. The molecule has 58 heavy (non-hydrogen) atoms. The maximum Gasteiger partial charge on any atom is 0.0476 e. The molecule has 0 bridgehead atoms. The summed E-state index contributed by atoms with van der Waals surface area (Å²) in [7, 11) is 0. The summed E-state index contributed by atoms with van der Waals surface area (Å²) in [5, 5.41) is 5.34. The van der Waals surface area contributed by atoms with Gasteiger partial charge in [-0.1, -0.05) is 138 Å². The van der Waals surface area contributed by atoms with Gasteiger partial charge in [-0.05, 0) is 123 Å². The van der Waals surface area contributed by atoms with Gasteiger partial charge in [0.1, 0.15) is 0 Å². The Hall–Kier alpha value is -5.81. The van der Waals surface area contributed by atoms with Crippen LogP contribution < -0.4 is 9.80 Å². The quantitative estimate of drug-likeness (QED) is 0.166. The number of nitrogens with zero attached hydrogens (tertiary/aromatic N) is 2. The van der Waals surface area contributed by atoms with Crippen LogP contribution in [0.3, 0.4) is 0 Å². The lowest BCUT2D eigenvalue weighted by Crippen LogP contribution is -2.13. The molecule has 0 saturated carbocycles. The fourth-order valence-electron chi connectivity index (χ4n) is 8.49. The maximum atomic E-state index is 2.46. The molecule has 284 valence electrons. The third-order valence-electron chi connectivity index (χ3n) is 11.5. The summed E-state index contributed by atoms with van der Waals surface area (Å²) in [6.07, 6.45) is 0. The molecule has 0 N–H and O–H groups in total. The van der Waals surface area contributed by atoms with E-state index in [1.807, 2.05) is 23.1 Å². The zero-order chi connectivity index (χ0) is 39.8. The van der Waals surface area contributed by atoms with Crippen molar-refractivity contribution in [2.75, 3.05) is 9.80 Å². The molecule has 1 aromatic heterocycles. The Morgan fingerprint density at radius 1 is 0.362 bits per heavy atom. The first kappa shape index (κ1) is 36.5. The van der Waals surface area contributed by atoms with Gasteiger partial charge in [0.25, 0.3) is 0 Å². The number of hydrogen-bond donors (Lipinski definition) is 0. The molecule has 0 fully saturated rings. The lowest BCUT2D eigenvalue weighted by Gasteiger charge is -2.28. The predicted molar refractivity (Wildman–Crippen MR) is 253 cm³/mol. The molecule has 1 aliphatic rings. The van der Waals surface area contributed by atoms with E-state index in [4.69, 9.17) is 0 Å². The van der Waals surface area contributed by atoms with Gasteiger partial charge in [-0.25, -0.2) is 0 Å². The summed E-state index contributed by atoms with van der Waals surface area (Å²) in [4.78, 5) is 7.36. The first-order valence-corrected chi connectivity index (χ1v) is 21.8. The summed E-state index contributed by atoms with van der Waals surface area (Å²) in [6.45, 7) is 13.6. The van der Waals surface area contributed by atoms with E-state index in [0.29, 0.717) is 0 Å². The Labute approximate surface area is 350 Å². The minimum atomic E-state index is 0.0938. The van der Waals surface area contributed by atoms with Crippen molar-refractivity contribution in [3.05, 3.63) is 181 Å². The van der Waals surface area contributed by atoms with Gasteiger partial charge in [-0.3, -0.25) is 0 Å². The number of benzene rings is 8. The first-order valence-electron chi connectivity index (χ1n) is 20.2. The van der Waals surface area contributed by atoms with Gasteiger partial charge >= 0.3 is 0 Å². The number of para-hydroxylation sites is 2. The normalized spacial score (nSPS) is 12.6. The van der Waals surface area contributed by atoms with E-state index in [0.717, 1.165) is 34.1 Å². The lowest BCUT2D eigenvalue weighted by atomic mass is 9.87. The predicted octanol–water partition coefficient (Wildman–Crippen LogP) is 16.9. The lowest BCUT2D eigenvalue weighted by molar-refractivity contribution is 0.590. The van der Waals surface area contributed by atoms with Gasteiger partial charge in [-0.15, -0.1) is 11.3 Å². The zero-order valence-electron chi connectivity index (χ0n) is 33.9. The fourth-order valence-corrected chi connectivity index (χ4v) is 10.9. The highest BCUT2D eigenvalue weighted by Crippen LogP contribution is 2.53. The van der Waals surface area contributed by atoms with Gasteiger partial charge in [0, 0.05) is 69.5 Å². The van der Waals surface area contributed by atoms with E-state index in [2.05, 4.69) is 221 Å². The molecule has 0 aliphatic carbocycles. The van der Waals surface area contributed by atoms with Crippen molar-refractivity contribution in [2.45, 2.75) is 62.2 Å². The topological polar surface area (TPSA) is 6.48 Å². The average Bonchev–Trinajstić information content (AvgIpc) is 3.60. The number of thiophene rings is 1. The molecule has 1 aliphatic heterocycles. The Balaban J connectivity index is 1.09. The largest absolute Gasteiger partial charge is 0.310 e. The first-order chi connectivity index (χ1) is 28.0. The zero-order valence-corrected chi connectivity index (χ0v) is 35.5. The number of hydrogen-bond acceptors (Lipinski definition) is 4. The van der Waals surface area contributed by atoms with Crippen LogP contribution >= 0.6 is 23.1 Å². The van der Waals surface area contributed by atoms with E-state index < -0.39 is 0 Å². The molecule has 0 saturated heterocycles. The van der Waals surface area contributed by atoms with Gasteiger partial charge < -0.3 is 9.80 Å². The van der Waals surface area contributed by atoms with Crippen molar-refractivity contribution in [1.82, 2.24) is 0 Å². The van der Waals surface area contributed by atoms with Crippen LogP contribution in [-0.4, -0.2) is 0 Å². The highest BCUT2D eigenvalue weighted by molar-refractivity contribution is 7.99. The standard InChI is InChI=1S/C54H46N2S2/c1-53(2,3)35-20-24-39(25-21-35)55(37-14-9-7-10-15-37)41-28-30-43-46-34-50-51(45-18-13-19-47(52(45)46)57-48(43)32-41)44-31-29-42(33-49(44)58-50)56(38-16-11-8-12-17-38)40-26-22-36(23-27-40)54(4,5)6/h7-34H,1-6H3. The summed E-state index contributed by atoms with van der Waals surface area (Å²) < 4.78 is 2.61. The fraction of sp³-hybridized carbons (Fsp3) is 0.148. The summed E-state index contributed by atoms with van der Waals surface area (Å²) >= 11 is 3.80. The van der Waals surface area contributed by atoms with Crippen LogP contribution in [0.5, 0.6) is 0 Å². The van der Waals surface area contributed by atoms with E-state index in [1.165, 1.54) is 63.0 Å². The third-order valence-corrected chi connectivity index (χ3v) is 13.8. The highest BCUT2D eigenvalue weighted by atomic mass is 32.2. The van der Waals surface area contributed by atoms with Crippen LogP contribution in [0, 0.1) is 0 Å². The molecule has 0 amide bonds. The van der Waals surface area contributed by atoms with Gasteiger partial charge in [-0.2, -0.15) is 0 Å². The number of rotatable bonds is 6. The highest BCUT2D eigenvalue weighted by Gasteiger charge is 2.25. The van der Waals surface area contributed by atoms with Crippen molar-refractivity contribution < 1.29 is 0 Å². The van der Waals surface area contributed by atoms with Crippen LogP contribution in [0.1, 0.15) is 52.7 Å². The molecule has 0 atom stereocenters. The van der Waals surface area contributed by atoms with E-state index >= 15 is 0 Å². The molecule has 0 unspecified atom stereocenters. The molecular formula is C54H46N2S2. The number of fused-ring (bicyclic) bond motifs is 6. The Kier molecular flexibility index (Phi) is 8.78. The third kappa shape index (κ3) is 6.36. The van der Waals surface area contributed by atoms with Crippen LogP contribution in [0.4, 0.5) is 34.1 Å². The van der Waals surface area contributed by atoms with Gasteiger partial charge in [0.05, 0.1) is 0 Å². The maximum absolute atomic E-state index is 2.46. The van der Waals surface area contributed by atoms with E-state index in [9.17, 15) is 0 Å². The smallest absolute Gasteiger partial charge is 0.0476 e. The molecular weight excluding hydrogens is 741 g/mol. The van der Waals surface area contributed by atoms with E-state index in [-0.39, 0.29) is 10.8 Å². The van der Waals surface area contributed by atoms with Crippen LogP contribution in [0.2, 0.25) is 0 Å². The second-order valence-electron chi connectivity index (χ2n) is 17.5. The van der Waals surface area contributed by atoms with Crippen LogP contribution in [0.15, 0.2) is 180 Å². The summed E-state index contributed by atoms with van der Waals surface area (Å²) in [5.74, 6) is 0. The van der Waals surface area contributed by atoms with Crippen molar-refractivity contribution in [3.8, 4) is 11.1 Å². The van der Waals surface area contributed by atoms with Crippen molar-refractivity contribution >= 4 is 88.2 Å². The van der Waals surface area contributed by atoms with Gasteiger partial charge in [0.15, 0.2) is 0 Å². The Morgan fingerprint density at radius 2 is 0.879 bits per heavy atom. The average molecular weight is 787 g/mol. The molecule has 9 aromatic rings. The molecule has 2 heterocycles.